The SMILES string of the molecule is CNCc1cc(-c2ccccc2OC)ccn1. The van der Waals surface area contributed by atoms with Crippen molar-refractivity contribution < 1.29 is 4.74 Å². The van der Waals surface area contributed by atoms with E-state index in [0.717, 1.165) is 29.1 Å². The molecule has 3 heteroatoms. The van der Waals surface area contributed by atoms with Gasteiger partial charge in [-0.25, -0.2) is 0 Å². The van der Waals surface area contributed by atoms with E-state index in [1.54, 1.807) is 7.11 Å². The first-order valence-electron chi connectivity index (χ1n) is 5.58. The number of rotatable bonds is 4. The minimum atomic E-state index is 0.767. The fourth-order valence-corrected chi connectivity index (χ4v) is 1.81. The smallest absolute Gasteiger partial charge is 0.126 e. The van der Waals surface area contributed by atoms with E-state index in [1.165, 1.54) is 0 Å². The molecule has 1 aromatic heterocycles. The molecule has 2 aromatic rings. The summed E-state index contributed by atoms with van der Waals surface area (Å²) in [5.74, 6) is 0.883. The van der Waals surface area contributed by atoms with Crippen molar-refractivity contribution in [2.24, 2.45) is 0 Å². The number of aromatic nitrogens is 1. The normalized spacial score (nSPS) is 10.2. The zero-order valence-corrected chi connectivity index (χ0v) is 10.1. The van der Waals surface area contributed by atoms with Gasteiger partial charge in [-0.15, -0.1) is 0 Å². The Morgan fingerprint density at radius 3 is 2.82 bits per heavy atom. The van der Waals surface area contributed by atoms with Gasteiger partial charge in [-0.3, -0.25) is 4.98 Å². The van der Waals surface area contributed by atoms with E-state index in [9.17, 15) is 0 Å². The first-order valence-corrected chi connectivity index (χ1v) is 5.58. The molecule has 0 aliphatic rings. The van der Waals surface area contributed by atoms with Gasteiger partial charge in [0.25, 0.3) is 0 Å². The predicted octanol–water partition coefficient (Wildman–Crippen LogP) is 2.48. The maximum absolute atomic E-state index is 5.36. The molecule has 0 aliphatic carbocycles. The molecule has 17 heavy (non-hydrogen) atoms. The highest BCUT2D eigenvalue weighted by Crippen LogP contribution is 2.29. The molecule has 0 atom stereocenters. The molecule has 0 fully saturated rings. The van der Waals surface area contributed by atoms with E-state index in [2.05, 4.69) is 22.4 Å². The van der Waals surface area contributed by atoms with Crippen LogP contribution in [0.25, 0.3) is 11.1 Å². The first-order chi connectivity index (χ1) is 8.35. The summed E-state index contributed by atoms with van der Waals surface area (Å²) in [7, 11) is 3.60. The van der Waals surface area contributed by atoms with Crippen molar-refractivity contribution in [3.63, 3.8) is 0 Å². The summed E-state index contributed by atoms with van der Waals surface area (Å²) in [6, 6.07) is 12.1. The number of ether oxygens (including phenoxy) is 1. The van der Waals surface area contributed by atoms with Crippen LogP contribution in [0.5, 0.6) is 5.75 Å². The molecule has 0 saturated carbocycles. The second kappa shape index (κ2) is 5.46. The van der Waals surface area contributed by atoms with Crippen molar-refractivity contribution >= 4 is 0 Å². The van der Waals surface area contributed by atoms with Crippen LogP contribution in [0.1, 0.15) is 5.69 Å². The average Bonchev–Trinajstić information content (AvgIpc) is 2.39. The van der Waals surface area contributed by atoms with Crippen molar-refractivity contribution in [1.82, 2.24) is 10.3 Å². The van der Waals surface area contributed by atoms with Crippen LogP contribution in [0.15, 0.2) is 42.6 Å². The summed E-state index contributed by atoms with van der Waals surface area (Å²) in [5.41, 5.74) is 3.24. The lowest BCUT2D eigenvalue weighted by Crippen LogP contribution is -2.06. The number of nitrogens with zero attached hydrogens (tertiary/aromatic N) is 1. The van der Waals surface area contributed by atoms with E-state index in [-0.39, 0.29) is 0 Å². The predicted molar refractivity (Wildman–Crippen MR) is 69.0 cm³/mol. The summed E-state index contributed by atoms with van der Waals surface area (Å²) < 4.78 is 5.36. The van der Waals surface area contributed by atoms with Gasteiger partial charge in [0.15, 0.2) is 0 Å². The Morgan fingerprint density at radius 2 is 2.06 bits per heavy atom. The summed E-state index contributed by atoms with van der Waals surface area (Å²) >= 11 is 0. The minimum Gasteiger partial charge on any atom is -0.496 e. The van der Waals surface area contributed by atoms with Gasteiger partial charge in [-0.05, 0) is 30.8 Å². The third kappa shape index (κ3) is 2.63. The molecule has 0 bridgehead atoms. The lowest BCUT2D eigenvalue weighted by molar-refractivity contribution is 0.416. The van der Waals surface area contributed by atoms with Crippen LogP contribution in [0.4, 0.5) is 0 Å². The van der Waals surface area contributed by atoms with Crippen LogP contribution >= 0.6 is 0 Å². The van der Waals surface area contributed by atoms with Crippen molar-refractivity contribution in [2.75, 3.05) is 14.2 Å². The second-order valence-corrected chi connectivity index (χ2v) is 3.77. The average molecular weight is 228 g/mol. The van der Waals surface area contributed by atoms with Gasteiger partial charge in [-0.1, -0.05) is 18.2 Å². The highest BCUT2D eigenvalue weighted by molar-refractivity contribution is 5.70. The summed E-state index contributed by atoms with van der Waals surface area (Å²) in [4.78, 5) is 4.31. The maximum Gasteiger partial charge on any atom is 0.126 e. The zero-order valence-electron chi connectivity index (χ0n) is 10.1. The van der Waals surface area contributed by atoms with Crippen LogP contribution < -0.4 is 10.1 Å². The molecule has 2 rings (SSSR count). The van der Waals surface area contributed by atoms with Gasteiger partial charge in [0.2, 0.25) is 0 Å². The van der Waals surface area contributed by atoms with Gasteiger partial charge in [0.1, 0.15) is 5.75 Å². The summed E-state index contributed by atoms with van der Waals surface area (Å²) in [5, 5.41) is 3.10. The second-order valence-electron chi connectivity index (χ2n) is 3.77. The van der Waals surface area contributed by atoms with Gasteiger partial charge in [0, 0.05) is 18.3 Å². The van der Waals surface area contributed by atoms with Crippen molar-refractivity contribution in [1.29, 1.82) is 0 Å². The molecule has 0 saturated heterocycles. The number of hydrogen-bond donors (Lipinski definition) is 1. The van der Waals surface area contributed by atoms with Gasteiger partial charge in [-0.2, -0.15) is 0 Å². The number of benzene rings is 1. The number of para-hydroxylation sites is 1. The third-order valence-corrected chi connectivity index (χ3v) is 2.59. The lowest BCUT2D eigenvalue weighted by Gasteiger charge is -2.09. The minimum absolute atomic E-state index is 0.767. The molecular weight excluding hydrogens is 212 g/mol. The zero-order chi connectivity index (χ0) is 12.1. The number of methoxy groups -OCH3 is 1. The number of pyridine rings is 1. The largest absolute Gasteiger partial charge is 0.496 e. The van der Waals surface area contributed by atoms with Crippen LogP contribution in [-0.4, -0.2) is 19.1 Å². The molecule has 88 valence electrons. The molecule has 0 spiro atoms. The van der Waals surface area contributed by atoms with Gasteiger partial charge < -0.3 is 10.1 Å². The quantitative estimate of drug-likeness (QED) is 0.873. The topological polar surface area (TPSA) is 34.1 Å². The van der Waals surface area contributed by atoms with E-state index in [1.807, 2.05) is 37.5 Å². The van der Waals surface area contributed by atoms with Crippen molar-refractivity contribution in [3.8, 4) is 16.9 Å². The molecule has 0 amide bonds. The van der Waals surface area contributed by atoms with Gasteiger partial charge >= 0.3 is 0 Å². The Morgan fingerprint density at radius 1 is 1.24 bits per heavy atom. The van der Waals surface area contributed by atoms with E-state index in [4.69, 9.17) is 4.74 Å². The molecule has 1 N–H and O–H groups in total. The summed E-state index contributed by atoms with van der Waals surface area (Å²) in [6.45, 7) is 0.767. The molecule has 0 unspecified atom stereocenters. The fraction of sp³-hybridized carbons (Fsp3) is 0.214. The van der Waals surface area contributed by atoms with Crippen LogP contribution in [0.2, 0.25) is 0 Å². The monoisotopic (exact) mass is 228 g/mol. The van der Waals surface area contributed by atoms with Crippen molar-refractivity contribution in [3.05, 3.63) is 48.3 Å². The highest BCUT2D eigenvalue weighted by Gasteiger charge is 2.05. The Balaban J connectivity index is 2.41. The molecule has 1 aromatic carbocycles. The fourth-order valence-electron chi connectivity index (χ4n) is 1.81. The number of hydrogen-bond acceptors (Lipinski definition) is 3. The van der Waals surface area contributed by atoms with E-state index in [0.29, 0.717) is 0 Å². The van der Waals surface area contributed by atoms with Crippen molar-refractivity contribution in [2.45, 2.75) is 6.54 Å². The molecule has 0 aliphatic heterocycles. The van der Waals surface area contributed by atoms with E-state index < -0.39 is 0 Å². The lowest BCUT2D eigenvalue weighted by atomic mass is 10.1. The first kappa shape index (κ1) is 11.6. The molecular formula is C14H16N2O. The standard InChI is InChI=1S/C14H16N2O/c1-15-10-12-9-11(7-8-16-12)13-5-3-4-6-14(13)17-2/h3-9,15H,10H2,1-2H3. The maximum atomic E-state index is 5.36. The molecule has 0 radical (unpaired) electrons. The van der Waals surface area contributed by atoms with Crippen LogP contribution in [0.3, 0.4) is 0 Å². The Hall–Kier alpha value is -1.87. The Labute approximate surface area is 101 Å². The number of nitrogens with one attached hydrogen (secondary N) is 1. The van der Waals surface area contributed by atoms with E-state index >= 15 is 0 Å². The third-order valence-electron chi connectivity index (χ3n) is 2.59. The van der Waals surface area contributed by atoms with Gasteiger partial charge in [0.05, 0.1) is 12.8 Å². The molecule has 3 nitrogen and oxygen atoms in total. The Bertz CT molecular complexity index is 497. The Kier molecular flexibility index (Phi) is 3.73. The molecule has 1 heterocycles. The summed E-state index contributed by atoms with van der Waals surface area (Å²) in [6.07, 6.45) is 1.83. The van der Waals surface area contributed by atoms with Crippen LogP contribution in [-0.2, 0) is 6.54 Å². The highest BCUT2D eigenvalue weighted by atomic mass is 16.5. The van der Waals surface area contributed by atoms with Crippen LogP contribution in [0, 0.1) is 0 Å².